The first kappa shape index (κ1) is 99.9. The smallest absolute Gasteiger partial charge is 0.473 e. The summed E-state index contributed by atoms with van der Waals surface area (Å²) >= 11 is 18.6. The third kappa shape index (κ3) is 24.4. The van der Waals surface area contributed by atoms with E-state index in [1.807, 2.05) is 197 Å². The first-order valence-corrected chi connectivity index (χ1v) is 55.3. The van der Waals surface area contributed by atoms with Crippen LogP contribution in [0.5, 0.6) is 15.6 Å². The minimum absolute atomic E-state index is 0.114. The van der Waals surface area contributed by atoms with Gasteiger partial charge in [0.25, 0.3) is 27.1 Å². The fourth-order valence-corrected chi connectivity index (χ4v) is 37.5. The molecule has 11 N–H and O–H groups in total. The van der Waals surface area contributed by atoms with Crippen molar-refractivity contribution in [2.45, 2.75) is 125 Å². The van der Waals surface area contributed by atoms with Gasteiger partial charge in [-0.3, -0.25) is 38.1 Å². The fourth-order valence-electron chi connectivity index (χ4n) is 15.8. The zero-order valence-electron chi connectivity index (χ0n) is 76.4. The zero-order chi connectivity index (χ0) is 96.0. The molecule has 28 nitrogen and oxygen atoms in total. The second-order valence-corrected chi connectivity index (χ2v) is 50.6. The van der Waals surface area contributed by atoms with Crippen molar-refractivity contribution in [3.05, 3.63) is 312 Å². The van der Waals surface area contributed by atoms with Crippen LogP contribution in [0.1, 0.15) is 127 Å². The van der Waals surface area contributed by atoms with Crippen molar-refractivity contribution in [2.75, 3.05) is 54.5 Å². The molecule has 36 heteroatoms. The van der Waals surface area contributed by atoms with Gasteiger partial charge in [-0.2, -0.15) is 15.0 Å². The molecule has 0 aliphatic carbocycles. The van der Waals surface area contributed by atoms with Crippen molar-refractivity contribution in [1.82, 2.24) is 68.5 Å². The predicted molar refractivity (Wildman–Crippen MR) is 557 cm³/mol. The molecule has 0 aliphatic rings. The number of ether oxygens (including phenoxy) is 3. The summed E-state index contributed by atoms with van der Waals surface area (Å²) < 4.78 is 27.8. The molecule has 11 aromatic heterocycles. The number of hydrogen-bond donors (Lipinski definition) is 8. The SMILES string of the molecule is CCC[CH2][Sn]([CH2]CCC)([CH2]CCC)[c]1cnc(OC)s1.COc1ncc(-c2cnc(N)nc2N[C@@H](C)c2cc3cccc(-c4ccnc(C)c4)c3c(=O)n2-c2ccccc2)s1.COc1ncc(-c2cnc(N)nc2N[C@@H](C)c2cc3cccc(Cl)c3c(=O)n2-c2ccccc2)s1.C[C@H](Nc1nc(N)ncc1Br)c1cc2cccc(Cl)c2c(=O)n1-c1ccccc1.Cc1cc(B(O)O)ccn1. The van der Waals surface area contributed by atoms with Crippen molar-refractivity contribution < 1.29 is 24.3 Å². The van der Waals surface area contributed by atoms with Crippen LogP contribution in [0, 0.1) is 13.8 Å². The fraction of sp³-hybridized carbons (Fsp3) is 0.232. The van der Waals surface area contributed by atoms with E-state index in [1.54, 1.807) is 112 Å². The Balaban J connectivity index is 0.000000151. The summed E-state index contributed by atoms with van der Waals surface area (Å²) in [6.07, 6.45) is 22.0. The van der Waals surface area contributed by atoms with Crippen LogP contribution >= 0.6 is 73.1 Å². The van der Waals surface area contributed by atoms with Crippen LogP contribution in [0.25, 0.3) is 81.4 Å². The van der Waals surface area contributed by atoms with Gasteiger partial charge in [0.15, 0.2) is 0 Å². The number of benzene rings is 6. The monoisotopic (exact) mass is 2080 g/mol. The molecule has 6 aromatic carbocycles. The number of unbranched alkanes of at least 4 members (excludes halogenated alkanes) is 3. The first-order chi connectivity index (χ1) is 65.2. The van der Waals surface area contributed by atoms with E-state index >= 15 is 0 Å². The number of nitrogens with one attached hydrogen (secondary N) is 3. The van der Waals surface area contributed by atoms with Gasteiger partial charge in [0, 0.05) is 88.9 Å². The molecule has 0 aliphatic heterocycles. The Morgan fingerprint density at radius 1 is 0.437 bits per heavy atom. The van der Waals surface area contributed by atoms with E-state index in [4.69, 9.17) is 64.7 Å². The molecule has 17 aromatic rings. The molecule has 0 amide bonds. The average Bonchev–Trinajstić information content (AvgIpc) is 1.55. The van der Waals surface area contributed by atoms with E-state index in [1.165, 1.54) is 74.5 Å². The molecule has 135 heavy (non-hydrogen) atoms. The summed E-state index contributed by atoms with van der Waals surface area (Å²) in [6.45, 7) is 16.6. The standard InChI is InChI=1S/C31H27N7O2S.C25H21ClN6O2S.C21H17BrClN5O.C6H8BNO2.C4H4NOS.3C4H9.Sn/c1-18-14-20(12-13-33-18)23-11-7-8-21-15-25(38(29(39)27(21)23)22-9-5-4-6-10-22)19(2)36-28-24(16-34-30(32)37-28)26-17-35-31(40-3)41-26;1-14(30-22-17(12-28-24(27)31-22)20-13-29-25(34-2)35-20)19-11-15-7-6-10-18(26)21(15)23(33)32(19)16-8-4-3-5-9-16;1-12(26-19-15(22)11-25-21(24)27-19)17-10-13-6-5-9-16(23)18(13)20(29)28(17)14-7-3-2-4-8-14;1-5-4-6(7(9)10)2-3-8-5;1-6-4-5-2-3-7-4;3*1-3-4-2;/h4-17,19H,1-3H3,(H3,32,34,36,37);3-14H,1-2H3,(H3,27,28,30,31);2-12H,1H3,(H3,24,25,26,27);2-4,9-10H,1H3;2H,1H3;3*1,3-4H2,2H3;/t19-;14-;12-;;;;;;/m000....../s1. The second kappa shape index (κ2) is 47.1. The van der Waals surface area contributed by atoms with Gasteiger partial charge in [-0.15, -0.1) is 0 Å². The third-order valence-corrected chi connectivity index (χ3v) is 44.7. The molecule has 0 saturated carbocycles. The molecule has 694 valence electrons. The van der Waals surface area contributed by atoms with E-state index < -0.39 is 25.5 Å². The normalized spacial score (nSPS) is 11.8. The number of rotatable bonds is 29. The number of para-hydroxylation sites is 3. The minimum atomic E-state index is -2.22. The van der Waals surface area contributed by atoms with E-state index in [0.717, 1.165) is 98.9 Å². The largest absolute Gasteiger partial charge is 0.488 e. The van der Waals surface area contributed by atoms with Gasteiger partial charge < -0.3 is 52.7 Å². The van der Waals surface area contributed by atoms with Gasteiger partial charge in [0.2, 0.25) is 17.8 Å². The summed E-state index contributed by atoms with van der Waals surface area (Å²) in [6, 6.07) is 57.5. The number of aryl methyl sites for hydroxylation is 2. The number of nitrogen functional groups attached to an aromatic ring is 3. The van der Waals surface area contributed by atoms with Crippen molar-refractivity contribution >= 4 is 175 Å². The van der Waals surface area contributed by atoms with Gasteiger partial charge in [0.05, 0.1) is 83.9 Å². The van der Waals surface area contributed by atoms with E-state index in [-0.39, 0.29) is 52.6 Å². The number of fused-ring (bicyclic) bond motifs is 3. The number of nitrogens with zero attached hydrogens (tertiary/aromatic N) is 14. The van der Waals surface area contributed by atoms with Crippen LogP contribution in [0.3, 0.4) is 0 Å². The van der Waals surface area contributed by atoms with Gasteiger partial charge in [-0.25, -0.2) is 24.9 Å². The maximum Gasteiger partial charge on any atom is 0.488 e. The third-order valence-electron chi connectivity index (χ3n) is 22.4. The Morgan fingerprint density at radius 3 is 1.21 bits per heavy atom. The summed E-state index contributed by atoms with van der Waals surface area (Å²) in [5.41, 5.74) is 27.1. The zero-order valence-corrected chi connectivity index (χ0v) is 84.8. The number of pyridine rings is 5. The molecular formula is C99H104BBrCl2N20O8S3Sn. The summed E-state index contributed by atoms with van der Waals surface area (Å²) in [7, 11) is 3.50. The molecular weight excluding hydrogens is 1970 g/mol. The van der Waals surface area contributed by atoms with E-state index in [2.05, 4.69) is 120 Å². The predicted octanol–water partition coefficient (Wildman–Crippen LogP) is 20.6. The minimum Gasteiger partial charge on any atom is -0.473 e. The van der Waals surface area contributed by atoms with Gasteiger partial charge in [0.1, 0.15) is 17.5 Å². The van der Waals surface area contributed by atoms with Crippen LogP contribution in [-0.4, -0.2) is 125 Å². The van der Waals surface area contributed by atoms with Crippen molar-refractivity contribution in [3.8, 4) is 64.7 Å². The Bertz CT molecular complexity index is 7110. The van der Waals surface area contributed by atoms with Crippen LogP contribution in [0.4, 0.5) is 35.3 Å². The van der Waals surface area contributed by atoms with Crippen LogP contribution in [0.2, 0.25) is 23.4 Å². The molecule has 17 rings (SSSR count). The number of nitrogens with two attached hydrogens (primary N) is 3. The Hall–Kier alpha value is -12.6. The molecule has 0 fully saturated rings. The number of methoxy groups -OCH3 is 3. The molecule has 0 unspecified atom stereocenters. The van der Waals surface area contributed by atoms with E-state index in [9.17, 15) is 14.4 Å². The van der Waals surface area contributed by atoms with Gasteiger partial charge >= 0.3 is 141 Å². The quantitative estimate of drug-likeness (QED) is 0.0202. The number of thiazole rings is 3. The Labute approximate surface area is 816 Å². The molecule has 11 heterocycles. The molecule has 3 atom stereocenters. The maximum atomic E-state index is 14.4. The number of halogens is 3. The number of aromatic nitrogens is 14. The van der Waals surface area contributed by atoms with E-state index in [0.29, 0.717) is 64.0 Å². The summed E-state index contributed by atoms with van der Waals surface area (Å²) in [4.78, 5) is 89.9. The van der Waals surface area contributed by atoms with Crippen LogP contribution in [0.15, 0.2) is 256 Å². The first-order valence-electron chi connectivity index (χ1n) is 43.8. The van der Waals surface area contributed by atoms with Gasteiger partial charge in [-0.1, -0.05) is 143 Å². The molecule has 0 radical (unpaired) electrons. The van der Waals surface area contributed by atoms with Crippen molar-refractivity contribution in [2.24, 2.45) is 0 Å². The molecule has 0 spiro atoms. The summed E-state index contributed by atoms with van der Waals surface area (Å²) in [5.74, 6) is 2.03. The summed E-state index contributed by atoms with van der Waals surface area (Å²) in [5, 5.41) is 34.3. The number of anilines is 6. The Morgan fingerprint density at radius 2 is 0.815 bits per heavy atom. The maximum absolute atomic E-state index is 14.4. The molecule has 0 saturated heterocycles. The van der Waals surface area contributed by atoms with Crippen LogP contribution in [-0.2, 0) is 0 Å². The Kier molecular flexibility index (Phi) is 34.8. The van der Waals surface area contributed by atoms with Crippen LogP contribution < -0.4 is 72.4 Å². The van der Waals surface area contributed by atoms with Crippen molar-refractivity contribution in [3.63, 3.8) is 0 Å². The molecule has 0 bridgehead atoms. The topological polar surface area (TPSA) is 390 Å². The number of hydrogen-bond acceptors (Lipinski definition) is 28. The average molecular weight is 2080 g/mol. The second-order valence-electron chi connectivity index (χ2n) is 31.8. The van der Waals surface area contributed by atoms with Crippen molar-refractivity contribution in [1.29, 1.82) is 0 Å². The van der Waals surface area contributed by atoms with Gasteiger partial charge in [-0.05, 0) is 174 Å².